The summed E-state index contributed by atoms with van der Waals surface area (Å²) in [7, 11) is 0. The molecular formula is C80H100N6O3. The lowest BCUT2D eigenvalue weighted by Gasteiger charge is -2.29. The van der Waals surface area contributed by atoms with E-state index in [-0.39, 0.29) is 5.97 Å². The van der Waals surface area contributed by atoms with Gasteiger partial charge in [0.1, 0.15) is 24.0 Å². The minimum absolute atomic E-state index is 0.353. The Morgan fingerprint density at radius 2 is 0.584 bits per heavy atom. The van der Waals surface area contributed by atoms with Crippen LogP contribution in [0, 0.1) is 34.0 Å². The van der Waals surface area contributed by atoms with E-state index in [4.69, 9.17) is 9.47 Å². The van der Waals surface area contributed by atoms with Crippen molar-refractivity contribution >= 4 is 39.8 Å². The molecule has 6 aromatic carbocycles. The molecule has 0 bridgehead atoms. The lowest BCUT2D eigenvalue weighted by molar-refractivity contribution is 0.0499. The Labute approximate surface area is 536 Å². The van der Waals surface area contributed by atoms with Gasteiger partial charge in [-0.2, -0.15) is 15.8 Å². The normalized spacial score (nSPS) is 12.0. The van der Waals surface area contributed by atoms with Crippen molar-refractivity contribution in [1.29, 1.82) is 15.8 Å². The molecule has 9 heteroatoms. The number of nitriles is 3. The van der Waals surface area contributed by atoms with Gasteiger partial charge < -0.3 is 24.2 Å². The van der Waals surface area contributed by atoms with Crippen molar-refractivity contribution in [1.82, 2.24) is 14.7 Å². The third-order valence-electron chi connectivity index (χ3n) is 16.5. The van der Waals surface area contributed by atoms with Gasteiger partial charge in [0.2, 0.25) is 0 Å². The van der Waals surface area contributed by atoms with Crippen molar-refractivity contribution in [2.75, 3.05) is 52.5 Å². The highest BCUT2D eigenvalue weighted by atomic mass is 16.5. The van der Waals surface area contributed by atoms with Crippen LogP contribution >= 0.6 is 0 Å². The van der Waals surface area contributed by atoms with Crippen LogP contribution in [0.1, 0.15) is 215 Å². The van der Waals surface area contributed by atoms with Crippen LogP contribution in [0.2, 0.25) is 0 Å². The fraction of sp³-hybridized carbons (Fsp3) is 0.425. The molecule has 0 saturated carbocycles. The van der Waals surface area contributed by atoms with Gasteiger partial charge in [-0.15, -0.1) is 0 Å². The largest absolute Gasteiger partial charge is 0.494 e. The highest BCUT2D eigenvalue weighted by molar-refractivity contribution is 6.00. The predicted molar refractivity (Wildman–Crippen MR) is 373 cm³/mol. The van der Waals surface area contributed by atoms with Gasteiger partial charge in [-0.1, -0.05) is 229 Å². The van der Waals surface area contributed by atoms with Gasteiger partial charge in [-0.25, -0.2) is 4.79 Å². The maximum atomic E-state index is 12.8. The highest BCUT2D eigenvalue weighted by Crippen LogP contribution is 2.37. The van der Waals surface area contributed by atoms with Crippen LogP contribution in [0.15, 0.2) is 146 Å². The van der Waals surface area contributed by atoms with Gasteiger partial charge in [0.25, 0.3) is 0 Å². The van der Waals surface area contributed by atoms with Gasteiger partial charge in [0.15, 0.2) is 0 Å². The van der Waals surface area contributed by atoms with E-state index >= 15 is 0 Å². The first-order valence-corrected chi connectivity index (χ1v) is 33.8. The number of carbonyl (C=O) groups is 1. The second kappa shape index (κ2) is 38.8. The molecule has 9 nitrogen and oxygen atoms in total. The summed E-state index contributed by atoms with van der Waals surface area (Å²) in [6.45, 7) is 23.7. The maximum Gasteiger partial charge on any atom is 0.338 e. The van der Waals surface area contributed by atoms with Crippen molar-refractivity contribution in [3.05, 3.63) is 185 Å². The number of hydrogen-bond acceptors (Lipinski definition) is 9. The van der Waals surface area contributed by atoms with E-state index in [1.54, 1.807) is 12.1 Å². The van der Waals surface area contributed by atoms with E-state index in [1.165, 1.54) is 19.3 Å². The van der Waals surface area contributed by atoms with Crippen LogP contribution < -0.4 is 4.74 Å². The molecule has 0 N–H and O–H groups in total. The summed E-state index contributed by atoms with van der Waals surface area (Å²) < 4.78 is 11.6. The number of hydrogen-bond donors (Lipinski definition) is 0. The molecule has 0 saturated heterocycles. The second-order valence-electron chi connectivity index (χ2n) is 23.4. The summed E-state index contributed by atoms with van der Waals surface area (Å²) in [5.74, 6) is 0.504. The van der Waals surface area contributed by atoms with E-state index in [0.29, 0.717) is 35.5 Å². The minimum atomic E-state index is -0.353. The first-order chi connectivity index (χ1) is 43.6. The maximum absolute atomic E-state index is 12.8. The average Bonchev–Trinajstić information content (AvgIpc) is 1.99. The predicted octanol–water partition coefficient (Wildman–Crippen LogP) is 20.8. The summed E-state index contributed by atoms with van der Waals surface area (Å²) in [6.07, 6.45) is 18.7. The molecule has 0 radical (unpaired) electrons. The fourth-order valence-electron chi connectivity index (χ4n) is 11.2. The molecule has 0 fully saturated rings. The molecule has 0 aliphatic rings. The molecule has 0 spiro atoms. The minimum Gasteiger partial charge on any atom is -0.494 e. The monoisotopic (exact) mass is 1190 g/mol. The van der Waals surface area contributed by atoms with Crippen LogP contribution in [0.3, 0.4) is 0 Å². The second-order valence-corrected chi connectivity index (χ2v) is 23.4. The van der Waals surface area contributed by atoms with Crippen LogP contribution in [0.25, 0.3) is 56.1 Å². The molecular weight excluding hydrogens is 1090 g/mol. The van der Waals surface area contributed by atoms with E-state index in [1.807, 2.05) is 12.1 Å². The first kappa shape index (κ1) is 69.8. The zero-order valence-electron chi connectivity index (χ0n) is 55.1. The Balaban J connectivity index is 1.35. The van der Waals surface area contributed by atoms with Crippen molar-refractivity contribution in [3.8, 4) is 46.2 Å². The number of benzene rings is 6. The van der Waals surface area contributed by atoms with Crippen molar-refractivity contribution in [3.63, 3.8) is 0 Å². The van der Waals surface area contributed by atoms with E-state index in [9.17, 15) is 20.6 Å². The topological polar surface area (TPSA) is 117 Å². The molecule has 0 heterocycles. The molecule has 0 unspecified atom stereocenters. The summed E-state index contributed by atoms with van der Waals surface area (Å²) in [5, 5.41) is 33.2. The van der Waals surface area contributed by atoms with Gasteiger partial charge in [-0.05, 0) is 143 Å². The van der Waals surface area contributed by atoms with Crippen molar-refractivity contribution in [2.45, 2.75) is 171 Å². The number of nitrogens with zero attached hydrogens (tertiary/aromatic N) is 6. The molecule has 0 amide bonds. The van der Waals surface area contributed by atoms with Crippen LogP contribution in [0.4, 0.5) is 0 Å². The molecule has 468 valence electrons. The molecule has 0 aliphatic carbocycles. The number of rotatable bonds is 39. The summed E-state index contributed by atoms with van der Waals surface area (Å²) in [4.78, 5) is 20.1. The number of esters is 1. The molecule has 0 aromatic heterocycles. The third kappa shape index (κ3) is 20.4. The Hall–Kier alpha value is -8.32. The van der Waals surface area contributed by atoms with Gasteiger partial charge in [0.05, 0.1) is 52.6 Å². The smallest absolute Gasteiger partial charge is 0.338 e. The van der Waals surface area contributed by atoms with Crippen LogP contribution in [-0.4, -0.2) is 73.2 Å². The number of carbonyl (C=O) groups excluding carboxylic acids is 1. The zero-order valence-corrected chi connectivity index (χ0v) is 55.1. The lowest BCUT2D eigenvalue weighted by Crippen LogP contribution is -2.25. The number of ether oxygens (including phenoxy) is 2. The van der Waals surface area contributed by atoms with Gasteiger partial charge >= 0.3 is 5.97 Å². The van der Waals surface area contributed by atoms with E-state index in [2.05, 4.69) is 210 Å². The first-order valence-electron chi connectivity index (χ1n) is 33.8. The molecule has 6 aromatic rings. The van der Waals surface area contributed by atoms with E-state index < -0.39 is 0 Å². The standard InChI is InChI=1S/C80H100N6O3/c1-9-17-25-26-58-88-73-49-47-71(48-50-73)79(86(55-22-14-6)56-23-15-7)75(60-82)67-37-29-63(30-38-67)64-31-41-69(42-32-64)77(84(51-18-10-2)52-19-11-3)74(59-81)66-35-27-62(28-36-66)65-33-43-70(44-34-65)78(85(53-20-12-4)54-21-13-5)76(61-83)68-39-45-72(46-40-68)80(87)89-57-24-16-8/h27-50H,9-26,51-58H2,1-8H3/b77-74-,78-76-,79-75-. The van der Waals surface area contributed by atoms with E-state index in [0.717, 1.165) is 214 Å². The molecule has 6 rings (SSSR count). The van der Waals surface area contributed by atoms with Crippen molar-refractivity contribution < 1.29 is 14.3 Å². The Morgan fingerprint density at radius 3 is 0.876 bits per heavy atom. The Kier molecular flexibility index (Phi) is 30.5. The molecule has 0 aliphatic heterocycles. The van der Waals surface area contributed by atoms with Crippen molar-refractivity contribution in [2.24, 2.45) is 0 Å². The quantitative estimate of drug-likeness (QED) is 0.0161. The van der Waals surface area contributed by atoms with Crippen LogP contribution in [0.5, 0.6) is 5.75 Å². The summed E-state index contributed by atoms with van der Waals surface area (Å²) in [6, 6.07) is 57.5. The number of allylic oxidation sites excluding steroid dienone is 3. The SMILES string of the molecule is CCCCCCOc1ccc(/C(=C(\C#N)c2ccc(-c3ccc(/C(=C(\C#N)c4ccc(-c5ccc(/C(=C(\C#N)c6ccc(C(=O)OCCCC)cc6)N(CCCC)CCCC)cc5)cc4)N(CCCC)CCCC)cc3)cc2)N(CCCC)CCCC)cc1. The van der Waals surface area contributed by atoms with Crippen LogP contribution in [-0.2, 0) is 4.74 Å². The lowest BCUT2D eigenvalue weighted by atomic mass is 9.94. The Morgan fingerprint density at radius 1 is 0.315 bits per heavy atom. The van der Waals surface area contributed by atoms with Gasteiger partial charge in [-0.3, -0.25) is 0 Å². The fourth-order valence-corrected chi connectivity index (χ4v) is 11.2. The average molecular weight is 1190 g/mol. The molecule has 89 heavy (non-hydrogen) atoms. The molecule has 0 atom stereocenters. The number of unbranched alkanes of at least 4 members (excludes halogenated alkanes) is 10. The highest BCUT2D eigenvalue weighted by Gasteiger charge is 2.23. The Bertz CT molecular complexity index is 3280. The summed E-state index contributed by atoms with van der Waals surface area (Å²) >= 11 is 0. The van der Waals surface area contributed by atoms with Gasteiger partial charge in [0, 0.05) is 39.3 Å². The zero-order chi connectivity index (χ0) is 63.6. The third-order valence-corrected chi connectivity index (χ3v) is 16.5. The summed E-state index contributed by atoms with van der Waals surface area (Å²) in [5.41, 5.74) is 14.8.